The Morgan fingerprint density at radius 1 is 1.00 bits per heavy atom. The summed E-state index contributed by atoms with van der Waals surface area (Å²) >= 11 is 0. The van der Waals surface area contributed by atoms with E-state index in [0.29, 0.717) is 0 Å². The minimum absolute atomic E-state index is 0.188. The third kappa shape index (κ3) is 5.40. The molecule has 32 heavy (non-hydrogen) atoms. The average Bonchev–Trinajstić information content (AvgIpc) is 2.84. The number of benzene rings is 1. The minimum Gasteiger partial charge on any atom is -0.356 e. The van der Waals surface area contributed by atoms with Gasteiger partial charge in [0.1, 0.15) is 0 Å². The maximum absolute atomic E-state index is 13.4. The summed E-state index contributed by atoms with van der Waals surface area (Å²) in [4.78, 5) is 24.2. The zero-order valence-electron chi connectivity index (χ0n) is 18.8. The molecule has 0 aliphatic carbocycles. The number of pyridine rings is 2. The zero-order valence-corrected chi connectivity index (χ0v) is 18.8. The first-order valence-corrected chi connectivity index (χ1v) is 11.6. The van der Waals surface area contributed by atoms with Crippen LogP contribution < -0.4 is 5.32 Å². The lowest BCUT2D eigenvalue weighted by atomic mass is 9.74. The highest BCUT2D eigenvalue weighted by atomic mass is 16.2. The molecule has 5 nitrogen and oxygen atoms in total. The van der Waals surface area contributed by atoms with Gasteiger partial charge in [0, 0.05) is 44.4 Å². The normalized spacial score (nSPS) is 18.9. The van der Waals surface area contributed by atoms with Crippen LogP contribution in [0.4, 0.5) is 0 Å². The summed E-state index contributed by atoms with van der Waals surface area (Å²) in [5, 5.41) is 3.20. The van der Waals surface area contributed by atoms with E-state index in [1.54, 1.807) is 6.20 Å². The smallest absolute Gasteiger partial charge is 0.227 e. The van der Waals surface area contributed by atoms with Crippen molar-refractivity contribution in [2.75, 3.05) is 19.6 Å². The standard InChI is InChI=1S/C27H32N4O/c1-2-13-30-26(32)27(12-4-17-31(21-27)20-23-5-3-14-29-19-23)18-22-6-8-24(9-7-22)25-10-15-28-16-11-25/h3,5-11,14-16,19H,2,4,12-13,17-18,20-21H2,1H3,(H,30,32)/t27-/m0/s1. The van der Waals surface area contributed by atoms with Crippen molar-refractivity contribution in [1.29, 1.82) is 0 Å². The van der Waals surface area contributed by atoms with Gasteiger partial charge in [-0.3, -0.25) is 19.7 Å². The first-order chi connectivity index (χ1) is 15.7. The van der Waals surface area contributed by atoms with Crippen molar-refractivity contribution in [2.24, 2.45) is 5.41 Å². The molecule has 0 saturated carbocycles. The average molecular weight is 429 g/mol. The molecule has 0 spiro atoms. The summed E-state index contributed by atoms with van der Waals surface area (Å²) in [7, 11) is 0. The van der Waals surface area contributed by atoms with Gasteiger partial charge in [-0.25, -0.2) is 0 Å². The van der Waals surface area contributed by atoms with Crippen molar-refractivity contribution in [1.82, 2.24) is 20.2 Å². The number of carbonyl (C=O) groups is 1. The molecule has 3 aromatic rings. The van der Waals surface area contributed by atoms with E-state index in [1.807, 2.05) is 36.8 Å². The quantitative estimate of drug-likeness (QED) is 0.574. The second-order valence-electron chi connectivity index (χ2n) is 8.82. The number of hydrogen-bond donors (Lipinski definition) is 1. The molecule has 0 radical (unpaired) electrons. The van der Waals surface area contributed by atoms with Crippen molar-refractivity contribution in [3.63, 3.8) is 0 Å². The molecular weight excluding hydrogens is 396 g/mol. The Bertz CT molecular complexity index is 991. The van der Waals surface area contributed by atoms with Gasteiger partial charge in [0.2, 0.25) is 5.91 Å². The summed E-state index contributed by atoms with van der Waals surface area (Å²) in [5.41, 5.74) is 4.31. The number of piperidine rings is 1. The molecule has 3 heterocycles. The fourth-order valence-corrected chi connectivity index (χ4v) is 4.70. The molecule has 1 fully saturated rings. The van der Waals surface area contributed by atoms with Gasteiger partial charge in [0.05, 0.1) is 5.41 Å². The van der Waals surface area contributed by atoms with E-state index in [-0.39, 0.29) is 5.91 Å². The number of rotatable bonds is 8. The van der Waals surface area contributed by atoms with E-state index in [0.717, 1.165) is 57.4 Å². The molecule has 1 aliphatic rings. The highest BCUT2D eigenvalue weighted by molar-refractivity contribution is 5.83. The Morgan fingerprint density at radius 3 is 2.50 bits per heavy atom. The number of nitrogens with zero attached hydrogens (tertiary/aromatic N) is 3. The number of likely N-dealkylation sites (tertiary alicyclic amines) is 1. The summed E-state index contributed by atoms with van der Waals surface area (Å²) in [6, 6.07) is 16.8. The Morgan fingerprint density at radius 2 is 1.78 bits per heavy atom. The van der Waals surface area contributed by atoms with Crippen LogP contribution in [0.25, 0.3) is 11.1 Å². The van der Waals surface area contributed by atoms with E-state index in [4.69, 9.17) is 0 Å². The van der Waals surface area contributed by atoms with Gasteiger partial charge < -0.3 is 5.32 Å². The Labute approximate surface area is 190 Å². The number of nitrogens with one attached hydrogen (secondary N) is 1. The molecule has 2 aromatic heterocycles. The second kappa shape index (κ2) is 10.5. The van der Waals surface area contributed by atoms with Crippen LogP contribution in [0, 0.1) is 5.41 Å². The molecule has 5 heteroatoms. The topological polar surface area (TPSA) is 58.1 Å². The summed E-state index contributed by atoms with van der Waals surface area (Å²) in [6.07, 6.45) is 11.0. The molecule has 1 saturated heterocycles. The number of hydrogen-bond acceptors (Lipinski definition) is 4. The van der Waals surface area contributed by atoms with Crippen molar-refractivity contribution in [3.05, 3.63) is 84.4 Å². The maximum atomic E-state index is 13.4. The predicted molar refractivity (Wildman–Crippen MR) is 128 cm³/mol. The zero-order chi connectivity index (χ0) is 22.2. The van der Waals surface area contributed by atoms with Gasteiger partial charge in [0.15, 0.2) is 0 Å². The van der Waals surface area contributed by atoms with Gasteiger partial charge in [-0.05, 0) is 72.7 Å². The first-order valence-electron chi connectivity index (χ1n) is 11.6. The van der Waals surface area contributed by atoms with Crippen molar-refractivity contribution in [3.8, 4) is 11.1 Å². The molecular formula is C27H32N4O. The van der Waals surface area contributed by atoms with Crippen molar-refractivity contribution in [2.45, 2.75) is 39.2 Å². The molecule has 1 atom stereocenters. The molecule has 4 rings (SSSR count). The fraction of sp³-hybridized carbons (Fsp3) is 0.370. The molecule has 166 valence electrons. The third-order valence-corrected chi connectivity index (χ3v) is 6.31. The van der Waals surface area contributed by atoms with Crippen molar-refractivity contribution >= 4 is 5.91 Å². The molecule has 0 unspecified atom stereocenters. The third-order valence-electron chi connectivity index (χ3n) is 6.31. The van der Waals surface area contributed by atoms with E-state index in [2.05, 4.69) is 57.4 Å². The van der Waals surface area contributed by atoms with Gasteiger partial charge in [-0.2, -0.15) is 0 Å². The van der Waals surface area contributed by atoms with Crippen LogP contribution in [0.3, 0.4) is 0 Å². The van der Waals surface area contributed by atoms with E-state index in [1.165, 1.54) is 16.7 Å². The monoisotopic (exact) mass is 428 g/mol. The molecule has 1 N–H and O–H groups in total. The summed E-state index contributed by atoms with van der Waals surface area (Å²) < 4.78 is 0. The first kappa shape index (κ1) is 22.2. The molecule has 0 bridgehead atoms. The second-order valence-corrected chi connectivity index (χ2v) is 8.82. The van der Waals surface area contributed by atoms with Crippen LogP contribution in [0.5, 0.6) is 0 Å². The molecule has 1 amide bonds. The maximum Gasteiger partial charge on any atom is 0.227 e. The van der Waals surface area contributed by atoms with Crippen LogP contribution in [0.15, 0.2) is 73.3 Å². The van der Waals surface area contributed by atoms with Crippen LogP contribution in [-0.4, -0.2) is 40.4 Å². The lowest BCUT2D eigenvalue weighted by molar-refractivity contribution is -0.134. The Balaban J connectivity index is 1.54. The van der Waals surface area contributed by atoms with Crippen molar-refractivity contribution < 1.29 is 4.79 Å². The Kier molecular flexibility index (Phi) is 7.28. The van der Waals surface area contributed by atoms with Crippen LogP contribution >= 0.6 is 0 Å². The van der Waals surface area contributed by atoms with Crippen LogP contribution in [-0.2, 0) is 17.8 Å². The molecule has 1 aliphatic heterocycles. The lowest BCUT2D eigenvalue weighted by Crippen LogP contribution is -2.53. The fourth-order valence-electron chi connectivity index (χ4n) is 4.70. The highest BCUT2D eigenvalue weighted by Crippen LogP contribution is 2.35. The van der Waals surface area contributed by atoms with Gasteiger partial charge in [-0.15, -0.1) is 0 Å². The van der Waals surface area contributed by atoms with Crippen LogP contribution in [0.2, 0.25) is 0 Å². The van der Waals surface area contributed by atoms with Gasteiger partial charge in [0.25, 0.3) is 0 Å². The van der Waals surface area contributed by atoms with E-state index < -0.39 is 5.41 Å². The van der Waals surface area contributed by atoms with Gasteiger partial charge >= 0.3 is 0 Å². The predicted octanol–water partition coefficient (Wildman–Crippen LogP) is 4.49. The number of amides is 1. The highest BCUT2D eigenvalue weighted by Gasteiger charge is 2.42. The number of carbonyl (C=O) groups excluding carboxylic acids is 1. The largest absolute Gasteiger partial charge is 0.356 e. The van der Waals surface area contributed by atoms with E-state index in [9.17, 15) is 4.79 Å². The lowest BCUT2D eigenvalue weighted by Gasteiger charge is -2.42. The minimum atomic E-state index is -0.409. The summed E-state index contributed by atoms with van der Waals surface area (Å²) in [6.45, 7) is 5.43. The van der Waals surface area contributed by atoms with E-state index >= 15 is 0 Å². The van der Waals surface area contributed by atoms with Crippen LogP contribution in [0.1, 0.15) is 37.3 Å². The number of aromatic nitrogens is 2. The molecule has 1 aromatic carbocycles. The van der Waals surface area contributed by atoms with Gasteiger partial charge in [-0.1, -0.05) is 37.3 Å². The summed E-state index contributed by atoms with van der Waals surface area (Å²) in [5.74, 6) is 0.188. The SMILES string of the molecule is CCCNC(=O)[C@]1(Cc2ccc(-c3ccncc3)cc2)CCCN(Cc2cccnc2)C1. The Hall–Kier alpha value is -3.05.